The normalized spacial score (nSPS) is 11.2. The smallest absolute Gasteiger partial charge is 0.332 e. The molecule has 0 fully saturated rings. The molecular formula is C22H20N4O5S. The van der Waals surface area contributed by atoms with E-state index >= 15 is 0 Å². The third-order valence-corrected chi connectivity index (χ3v) is 4.94. The maximum Gasteiger partial charge on any atom is 0.332 e. The second-order valence-electron chi connectivity index (χ2n) is 6.55. The summed E-state index contributed by atoms with van der Waals surface area (Å²) in [6, 6.07) is 19.1. The van der Waals surface area contributed by atoms with Crippen molar-refractivity contribution >= 4 is 41.8 Å². The highest BCUT2D eigenvalue weighted by atomic mass is 32.1. The van der Waals surface area contributed by atoms with Gasteiger partial charge in [-0.2, -0.15) is 0 Å². The number of hydrogen-bond acceptors (Lipinski definition) is 6. The maximum absolute atomic E-state index is 13.2. The van der Waals surface area contributed by atoms with Gasteiger partial charge in [0, 0.05) is 6.07 Å². The summed E-state index contributed by atoms with van der Waals surface area (Å²) in [6.45, 7) is 0. The second kappa shape index (κ2) is 10.3. The SMILES string of the molecule is COc1ccccc1NC(=O)C(c1ccccc1)N(S)C(=O)Nc1ccccc1[N+](=O)[O-]. The molecule has 0 aliphatic carbocycles. The van der Waals surface area contributed by atoms with Crippen molar-refractivity contribution in [3.8, 4) is 5.75 Å². The molecule has 32 heavy (non-hydrogen) atoms. The second-order valence-corrected chi connectivity index (χ2v) is 6.98. The van der Waals surface area contributed by atoms with E-state index in [-0.39, 0.29) is 11.4 Å². The lowest BCUT2D eigenvalue weighted by atomic mass is 10.1. The minimum absolute atomic E-state index is 0.0153. The molecule has 0 aliphatic heterocycles. The molecule has 3 aromatic carbocycles. The van der Waals surface area contributed by atoms with Gasteiger partial charge in [0.1, 0.15) is 17.5 Å². The number of methoxy groups -OCH3 is 1. The molecule has 3 aromatic rings. The van der Waals surface area contributed by atoms with E-state index < -0.39 is 22.9 Å². The van der Waals surface area contributed by atoms with Crippen LogP contribution in [0.25, 0.3) is 0 Å². The average molecular weight is 452 g/mol. The zero-order valence-corrected chi connectivity index (χ0v) is 17.9. The predicted molar refractivity (Wildman–Crippen MR) is 124 cm³/mol. The predicted octanol–water partition coefficient (Wildman–Crippen LogP) is 4.66. The summed E-state index contributed by atoms with van der Waals surface area (Å²) in [5, 5.41) is 16.4. The van der Waals surface area contributed by atoms with Crippen LogP contribution < -0.4 is 15.4 Å². The summed E-state index contributed by atoms with van der Waals surface area (Å²) < 4.78 is 6.15. The van der Waals surface area contributed by atoms with E-state index in [0.717, 1.165) is 4.31 Å². The molecule has 0 saturated heterocycles. The van der Waals surface area contributed by atoms with E-state index in [1.54, 1.807) is 60.7 Å². The van der Waals surface area contributed by atoms with Gasteiger partial charge in [-0.05, 0) is 23.8 Å². The number of nitrogens with one attached hydrogen (secondary N) is 2. The number of hydrogen-bond donors (Lipinski definition) is 3. The molecule has 1 atom stereocenters. The first kappa shape index (κ1) is 22.6. The lowest BCUT2D eigenvalue weighted by Gasteiger charge is -2.26. The van der Waals surface area contributed by atoms with Crippen LogP contribution in [0.1, 0.15) is 11.6 Å². The number of benzene rings is 3. The number of amides is 3. The van der Waals surface area contributed by atoms with Crippen molar-refractivity contribution in [3.05, 3.63) is 94.5 Å². The number of nitro benzene ring substituents is 1. The Balaban J connectivity index is 1.89. The van der Waals surface area contributed by atoms with Crippen LogP contribution in [0.4, 0.5) is 21.9 Å². The first-order valence-electron chi connectivity index (χ1n) is 9.43. The highest BCUT2D eigenvalue weighted by molar-refractivity contribution is 7.78. The third kappa shape index (κ3) is 5.16. The van der Waals surface area contributed by atoms with Crippen LogP contribution in [-0.4, -0.2) is 28.3 Å². The van der Waals surface area contributed by atoms with Gasteiger partial charge in [-0.3, -0.25) is 19.2 Å². The molecular weight excluding hydrogens is 432 g/mol. The summed E-state index contributed by atoms with van der Waals surface area (Å²) in [6.07, 6.45) is 0. The maximum atomic E-state index is 13.2. The molecule has 0 aliphatic rings. The molecule has 3 amide bonds. The quantitative estimate of drug-likeness (QED) is 0.274. The van der Waals surface area contributed by atoms with Crippen LogP contribution in [0.3, 0.4) is 0 Å². The van der Waals surface area contributed by atoms with Crippen LogP contribution >= 0.6 is 12.8 Å². The molecule has 0 aromatic heterocycles. The van der Waals surface area contributed by atoms with Crippen LogP contribution in [0.5, 0.6) is 5.75 Å². The first-order chi connectivity index (χ1) is 15.4. The van der Waals surface area contributed by atoms with Crippen LogP contribution in [0.2, 0.25) is 0 Å². The van der Waals surface area contributed by atoms with Crippen molar-refractivity contribution < 1.29 is 19.2 Å². The number of rotatable bonds is 7. The van der Waals surface area contributed by atoms with Gasteiger partial charge in [0.25, 0.3) is 11.6 Å². The molecule has 0 spiro atoms. The summed E-state index contributed by atoms with van der Waals surface area (Å²) in [7, 11) is 1.48. The Morgan fingerprint density at radius 1 is 0.938 bits per heavy atom. The highest BCUT2D eigenvalue weighted by Gasteiger charge is 2.31. The summed E-state index contributed by atoms with van der Waals surface area (Å²) in [4.78, 5) is 36.7. The molecule has 0 bridgehead atoms. The van der Waals surface area contributed by atoms with E-state index in [0.29, 0.717) is 17.0 Å². The average Bonchev–Trinajstić information content (AvgIpc) is 2.80. The molecule has 1 unspecified atom stereocenters. The lowest BCUT2D eigenvalue weighted by Crippen LogP contribution is -2.38. The monoisotopic (exact) mass is 452 g/mol. The van der Waals surface area contributed by atoms with Gasteiger partial charge in [-0.25, -0.2) is 4.79 Å². The number of urea groups is 1. The van der Waals surface area contributed by atoms with E-state index in [9.17, 15) is 19.7 Å². The van der Waals surface area contributed by atoms with Crippen molar-refractivity contribution in [2.24, 2.45) is 0 Å². The fourth-order valence-corrected chi connectivity index (χ4v) is 3.30. The molecule has 2 N–H and O–H groups in total. The van der Waals surface area contributed by atoms with Gasteiger partial charge in [0.05, 0.1) is 17.7 Å². The lowest BCUT2D eigenvalue weighted by molar-refractivity contribution is -0.383. The van der Waals surface area contributed by atoms with Crippen molar-refractivity contribution in [3.63, 3.8) is 0 Å². The summed E-state index contributed by atoms with van der Waals surface area (Å²) in [5.74, 6) is -0.101. The summed E-state index contributed by atoms with van der Waals surface area (Å²) >= 11 is 4.26. The zero-order chi connectivity index (χ0) is 23.1. The van der Waals surface area contributed by atoms with E-state index in [2.05, 4.69) is 23.4 Å². The molecule has 0 saturated carbocycles. The van der Waals surface area contributed by atoms with E-state index in [1.165, 1.54) is 25.3 Å². The van der Waals surface area contributed by atoms with Gasteiger partial charge in [0.15, 0.2) is 0 Å². The van der Waals surface area contributed by atoms with Gasteiger partial charge in [-0.1, -0.05) is 67.4 Å². The Hall–Kier alpha value is -4.05. The number of anilines is 2. The molecule has 10 heteroatoms. The van der Waals surface area contributed by atoms with Gasteiger partial charge >= 0.3 is 6.03 Å². The van der Waals surface area contributed by atoms with Gasteiger partial charge in [-0.15, -0.1) is 0 Å². The topological polar surface area (TPSA) is 114 Å². The fourth-order valence-electron chi connectivity index (χ4n) is 3.02. The minimum atomic E-state index is -1.15. The van der Waals surface area contributed by atoms with Crippen molar-refractivity contribution in [1.82, 2.24) is 4.31 Å². The molecule has 3 rings (SSSR count). The first-order valence-corrected chi connectivity index (χ1v) is 9.83. The minimum Gasteiger partial charge on any atom is -0.495 e. The highest BCUT2D eigenvalue weighted by Crippen LogP contribution is 2.30. The van der Waals surface area contributed by atoms with Crippen molar-refractivity contribution in [1.29, 1.82) is 0 Å². The standard InChI is InChI=1S/C22H20N4O5S/c1-31-19-14-8-6-12-17(19)23-21(27)20(15-9-3-2-4-10-15)25(32)22(28)24-16-11-5-7-13-18(16)26(29)30/h2-14,20,32H,1H3,(H,23,27)(H,24,28). The van der Waals surface area contributed by atoms with Gasteiger partial charge < -0.3 is 15.4 Å². The number of thiol groups is 1. The molecule has 0 heterocycles. The Kier molecular flexibility index (Phi) is 7.29. The Bertz CT molecular complexity index is 1130. The number of nitro groups is 1. The summed E-state index contributed by atoms with van der Waals surface area (Å²) in [5.41, 5.74) is 0.616. The number of para-hydroxylation sites is 4. The Labute approximate surface area is 189 Å². The molecule has 9 nitrogen and oxygen atoms in total. The number of carbonyl (C=O) groups is 2. The van der Waals surface area contributed by atoms with E-state index in [1.807, 2.05) is 0 Å². The fraction of sp³-hybridized carbons (Fsp3) is 0.0909. The third-order valence-electron chi connectivity index (χ3n) is 4.52. The van der Waals surface area contributed by atoms with Crippen molar-refractivity contribution in [2.75, 3.05) is 17.7 Å². The molecule has 0 radical (unpaired) electrons. The Morgan fingerprint density at radius 3 is 2.19 bits per heavy atom. The van der Waals surface area contributed by atoms with Crippen LogP contribution in [-0.2, 0) is 4.79 Å². The zero-order valence-electron chi connectivity index (χ0n) is 17.0. The number of nitrogens with zero attached hydrogens (tertiary/aromatic N) is 2. The van der Waals surface area contributed by atoms with Crippen molar-refractivity contribution in [2.45, 2.75) is 6.04 Å². The van der Waals surface area contributed by atoms with Crippen LogP contribution in [0.15, 0.2) is 78.9 Å². The largest absolute Gasteiger partial charge is 0.495 e. The van der Waals surface area contributed by atoms with E-state index in [4.69, 9.17) is 4.74 Å². The number of ether oxygens (including phenoxy) is 1. The Morgan fingerprint density at radius 2 is 1.53 bits per heavy atom. The molecule has 164 valence electrons. The van der Waals surface area contributed by atoms with Gasteiger partial charge in [0.2, 0.25) is 0 Å². The number of carbonyl (C=O) groups excluding carboxylic acids is 2. The van der Waals surface area contributed by atoms with Crippen LogP contribution in [0, 0.1) is 10.1 Å².